The first-order valence-corrected chi connectivity index (χ1v) is 16.5. The molecule has 50 heavy (non-hydrogen) atoms. The average Bonchev–Trinajstić information content (AvgIpc) is 3.48. The van der Waals surface area contributed by atoms with E-state index in [0.29, 0.717) is 17.2 Å². The second-order valence-electron chi connectivity index (χ2n) is 11.8. The Morgan fingerprint density at radius 3 is 1.40 bits per heavy atom. The molecule has 0 aromatic heterocycles. The number of hydrogen-bond donors (Lipinski definition) is 0. The zero-order chi connectivity index (χ0) is 34.2. The van der Waals surface area contributed by atoms with E-state index in [4.69, 9.17) is 23.7 Å². The molecule has 0 spiro atoms. The van der Waals surface area contributed by atoms with Gasteiger partial charge in [-0.15, -0.1) is 0 Å². The smallest absolute Gasteiger partial charge is 0.330 e. The van der Waals surface area contributed by atoms with E-state index in [9.17, 15) is 4.79 Å². The van der Waals surface area contributed by atoms with Crippen LogP contribution in [0.15, 0.2) is 170 Å². The van der Waals surface area contributed by atoms with Crippen molar-refractivity contribution in [3.63, 3.8) is 0 Å². The molecule has 1 aliphatic carbocycles. The molecule has 0 amide bonds. The van der Waals surface area contributed by atoms with E-state index in [-0.39, 0.29) is 20.0 Å². The van der Waals surface area contributed by atoms with Crippen molar-refractivity contribution in [2.75, 3.05) is 20.0 Å². The second-order valence-corrected chi connectivity index (χ2v) is 11.8. The van der Waals surface area contributed by atoms with Crippen LogP contribution in [-0.2, 0) is 14.9 Å². The lowest BCUT2D eigenvalue weighted by atomic mass is 9.68. The molecule has 0 N–H and O–H groups in total. The second kappa shape index (κ2) is 14.9. The Kier molecular flexibility index (Phi) is 9.60. The molecule has 1 atom stereocenters. The third kappa shape index (κ3) is 6.69. The Morgan fingerprint density at radius 1 is 0.520 bits per heavy atom. The minimum atomic E-state index is -0.640. The summed E-state index contributed by atoms with van der Waals surface area (Å²) in [7, 11) is 0. The van der Waals surface area contributed by atoms with E-state index in [2.05, 4.69) is 79.4 Å². The van der Waals surface area contributed by atoms with Crippen LogP contribution in [0.3, 0.4) is 0 Å². The summed E-state index contributed by atoms with van der Waals surface area (Å²) in [5.74, 6) is 2.25. The summed E-state index contributed by atoms with van der Waals surface area (Å²) in [6, 6.07) is 52.5. The van der Waals surface area contributed by atoms with Gasteiger partial charge in [0, 0.05) is 6.08 Å². The number of para-hydroxylation sites is 2. The van der Waals surface area contributed by atoms with Crippen molar-refractivity contribution >= 4 is 5.97 Å². The molecule has 0 saturated heterocycles. The van der Waals surface area contributed by atoms with Crippen molar-refractivity contribution in [1.82, 2.24) is 0 Å². The molecule has 1 aliphatic rings. The molecule has 6 aromatic carbocycles. The number of rotatable bonds is 14. The SMILES string of the molecule is C=CC(=O)OC(COc1ccccc1)COc1ccc(C2(c3ccc(OCOc4ccccc4)cc3)c3ccccc3-c3ccccc32)cc1. The van der Waals surface area contributed by atoms with Gasteiger partial charge in [0.05, 0.1) is 5.41 Å². The fourth-order valence-corrected chi connectivity index (χ4v) is 6.53. The van der Waals surface area contributed by atoms with Crippen LogP contribution >= 0.6 is 0 Å². The zero-order valence-electron chi connectivity index (χ0n) is 27.4. The van der Waals surface area contributed by atoms with Gasteiger partial charge in [0.1, 0.15) is 36.2 Å². The van der Waals surface area contributed by atoms with Gasteiger partial charge in [0.25, 0.3) is 0 Å². The van der Waals surface area contributed by atoms with Crippen LogP contribution in [0.5, 0.6) is 23.0 Å². The zero-order valence-corrected chi connectivity index (χ0v) is 27.4. The van der Waals surface area contributed by atoms with Crippen molar-refractivity contribution in [2.45, 2.75) is 11.5 Å². The molecule has 0 saturated carbocycles. The monoisotopic (exact) mass is 660 g/mol. The van der Waals surface area contributed by atoms with Gasteiger partial charge >= 0.3 is 5.97 Å². The first-order valence-electron chi connectivity index (χ1n) is 16.5. The molecule has 6 nitrogen and oxygen atoms in total. The van der Waals surface area contributed by atoms with Gasteiger partial charge < -0.3 is 23.7 Å². The van der Waals surface area contributed by atoms with Crippen molar-refractivity contribution in [2.24, 2.45) is 0 Å². The van der Waals surface area contributed by atoms with Crippen LogP contribution in [0.2, 0.25) is 0 Å². The summed E-state index contributed by atoms with van der Waals surface area (Å²) in [6.45, 7) is 3.87. The molecule has 0 bridgehead atoms. The van der Waals surface area contributed by atoms with E-state index < -0.39 is 17.5 Å². The molecule has 0 heterocycles. The number of benzene rings is 6. The highest BCUT2D eigenvalue weighted by molar-refractivity contribution is 5.86. The van der Waals surface area contributed by atoms with Crippen molar-refractivity contribution in [3.05, 3.63) is 193 Å². The summed E-state index contributed by atoms with van der Waals surface area (Å²) in [4.78, 5) is 12.1. The van der Waals surface area contributed by atoms with Gasteiger partial charge in [-0.1, -0.05) is 116 Å². The predicted octanol–water partition coefficient (Wildman–Crippen LogP) is 9.02. The molecule has 248 valence electrons. The highest BCUT2D eigenvalue weighted by Crippen LogP contribution is 2.56. The quantitative estimate of drug-likeness (QED) is 0.0659. The van der Waals surface area contributed by atoms with Crippen LogP contribution in [0, 0.1) is 0 Å². The van der Waals surface area contributed by atoms with Gasteiger partial charge in [-0.05, 0) is 81.9 Å². The van der Waals surface area contributed by atoms with Crippen LogP contribution < -0.4 is 18.9 Å². The number of carbonyl (C=O) groups excluding carboxylic acids is 1. The number of hydrogen-bond acceptors (Lipinski definition) is 6. The highest BCUT2D eigenvalue weighted by Gasteiger charge is 2.45. The fraction of sp³-hybridized carbons (Fsp3) is 0.114. The van der Waals surface area contributed by atoms with Gasteiger partial charge in [-0.25, -0.2) is 4.79 Å². The lowest BCUT2D eigenvalue weighted by Gasteiger charge is -2.34. The Morgan fingerprint density at radius 2 is 0.920 bits per heavy atom. The number of esters is 1. The number of ether oxygens (including phenoxy) is 5. The van der Waals surface area contributed by atoms with Crippen molar-refractivity contribution in [1.29, 1.82) is 0 Å². The molecule has 0 aliphatic heterocycles. The maximum Gasteiger partial charge on any atom is 0.330 e. The third-order valence-corrected chi connectivity index (χ3v) is 8.79. The third-order valence-electron chi connectivity index (χ3n) is 8.79. The van der Waals surface area contributed by atoms with Gasteiger partial charge in [0.2, 0.25) is 6.79 Å². The molecule has 0 radical (unpaired) electrons. The Bertz CT molecular complexity index is 1990. The molecular weight excluding hydrogens is 624 g/mol. The molecule has 6 aromatic rings. The normalized spacial score (nSPS) is 12.9. The Labute approximate surface area is 292 Å². The van der Waals surface area contributed by atoms with Crippen molar-refractivity contribution in [3.8, 4) is 34.1 Å². The average molecular weight is 661 g/mol. The maximum atomic E-state index is 12.1. The van der Waals surface area contributed by atoms with Gasteiger partial charge in [-0.2, -0.15) is 0 Å². The van der Waals surface area contributed by atoms with E-state index in [1.165, 1.54) is 22.3 Å². The summed E-state index contributed by atoms with van der Waals surface area (Å²) in [6.07, 6.45) is 0.497. The van der Waals surface area contributed by atoms with Crippen LogP contribution in [-0.4, -0.2) is 32.1 Å². The predicted molar refractivity (Wildman–Crippen MR) is 194 cm³/mol. The van der Waals surface area contributed by atoms with Gasteiger partial charge in [-0.3, -0.25) is 0 Å². The summed E-state index contributed by atoms with van der Waals surface area (Å²) >= 11 is 0. The molecule has 6 heteroatoms. The van der Waals surface area contributed by atoms with Crippen LogP contribution in [0.4, 0.5) is 0 Å². The van der Waals surface area contributed by atoms with E-state index in [0.717, 1.165) is 23.0 Å². The molecule has 0 fully saturated rings. The first-order chi connectivity index (χ1) is 24.6. The Balaban J connectivity index is 1.16. The summed E-state index contributed by atoms with van der Waals surface area (Å²) < 4.78 is 29.3. The minimum Gasteiger partial charge on any atom is -0.490 e. The first kappa shape index (κ1) is 32.3. The molecular formula is C44H36O6. The van der Waals surface area contributed by atoms with Crippen LogP contribution in [0.25, 0.3) is 11.1 Å². The summed E-state index contributed by atoms with van der Waals surface area (Å²) in [5.41, 5.74) is 6.40. The van der Waals surface area contributed by atoms with E-state index in [1.54, 1.807) is 0 Å². The van der Waals surface area contributed by atoms with Crippen LogP contribution in [0.1, 0.15) is 22.3 Å². The Hall–Kier alpha value is -6.27. The minimum absolute atomic E-state index is 0.105. The lowest BCUT2D eigenvalue weighted by Crippen LogP contribution is -2.30. The van der Waals surface area contributed by atoms with E-state index >= 15 is 0 Å². The lowest BCUT2D eigenvalue weighted by molar-refractivity contribution is -0.146. The topological polar surface area (TPSA) is 63.2 Å². The summed E-state index contributed by atoms with van der Waals surface area (Å²) in [5, 5.41) is 0. The highest BCUT2D eigenvalue weighted by atomic mass is 16.7. The molecule has 1 unspecified atom stereocenters. The van der Waals surface area contributed by atoms with Crippen molar-refractivity contribution < 1.29 is 28.5 Å². The van der Waals surface area contributed by atoms with Gasteiger partial charge in [0.15, 0.2) is 6.10 Å². The van der Waals surface area contributed by atoms with E-state index in [1.807, 2.05) is 84.9 Å². The standard InChI is InChI=1S/C44H36O6/c1-2-43(45)50-38(29-46-34-13-5-3-6-14-34)30-47-36-25-21-32(22-26-36)44(41-19-11-9-17-39(41)40-18-10-12-20-42(40)44)33-23-27-37(28-24-33)49-31-48-35-15-7-4-8-16-35/h2-28,38H,1,29-31H2. The number of carbonyl (C=O) groups is 1. The maximum absolute atomic E-state index is 12.1. The number of fused-ring (bicyclic) bond motifs is 3. The fourth-order valence-electron chi connectivity index (χ4n) is 6.53. The molecule has 7 rings (SSSR count). The largest absolute Gasteiger partial charge is 0.490 e.